The fourth-order valence-electron chi connectivity index (χ4n) is 7.88. The van der Waals surface area contributed by atoms with Gasteiger partial charge in [-0.15, -0.1) is 0 Å². The van der Waals surface area contributed by atoms with Gasteiger partial charge in [-0.2, -0.15) is 0 Å². The fourth-order valence-corrected chi connectivity index (χ4v) is 7.88. The van der Waals surface area contributed by atoms with Crippen LogP contribution in [-0.2, 0) is 14.4 Å². The number of hydrogen-bond acceptors (Lipinski definition) is 4. The largest absolute Gasteiger partial charge is 0.393 e. The number of hydrogen-bond donors (Lipinski definition) is 1. The Bertz CT molecular complexity index is 820. The molecule has 4 aliphatic rings. The average molecular weight is 387 g/mol. The number of aliphatic hydroxyl groups is 1. The van der Waals surface area contributed by atoms with Gasteiger partial charge in [0.2, 0.25) is 0 Å². The first kappa shape index (κ1) is 20.0. The molecule has 6 unspecified atom stereocenters. The molecule has 4 heteroatoms. The van der Waals surface area contributed by atoms with E-state index in [-0.39, 0.29) is 59.0 Å². The van der Waals surface area contributed by atoms with E-state index in [0.717, 1.165) is 30.4 Å². The van der Waals surface area contributed by atoms with Crippen LogP contribution in [0, 0.1) is 33.5 Å². The number of carbonyl (C=O) groups excluding carboxylic acids is 3. The number of allylic oxidation sites excluding steroid dienone is 2. The summed E-state index contributed by atoms with van der Waals surface area (Å²) in [6.45, 7) is 12.0. The third-order valence-electron chi connectivity index (χ3n) is 9.78. The highest BCUT2D eigenvalue weighted by molar-refractivity contribution is 6.07. The minimum atomic E-state index is -0.721. The summed E-state index contributed by atoms with van der Waals surface area (Å²) >= 11 is 0. The lowest BCUT2D eigenvalue weighted by atomic mass is 9.43. The second kappa shape index (κ2) is 5.65. The Hall–Kier alpha value is -1.29. The molecular formula is C24H34O4. The SMILES string of the molecule is CC(=O)C1CC(=O)C2(C)C3=C(C(=O)CC12C)C1(C)CCC(O)C(C)(C)C1CC3. The van der Waals surface area contributed by atoms with Crippen LogP contribution >= 0.6 is 0 Å². The molecule has 0 saturated heterocycles. The number of Topliss-reactive ketones (excluding diaryl/α,β-unsaturated/α-hetero) is 3. The van der Waals surface area contributed by atoms with Crippen LogP contribution in [0.1, 0.15) is 80.1 Å². The normalized spacial score (nSPS) is 47.5. The zero-order chi connectivity index (χ0) is 20.9. The van der Waals surface area contributed by atoms with E-state index in [9.17, 15) is 19.5 Å². The number of aliphatic hydroxyl groups excluding tert-OH is 1. The van der Waals surface area contributed by atoms with Gasteiger partial charge in [-0.05, 0) is 61.9 Å². The summed E-state index contributed by atoms with van der Waals surface area (Å²) in [4.78, 5) is 39.3. The van der Waals surface area contributed by atoms with Crippen molar-refractivity contribution in [1.29, 1.82) is 0 Å². The zero-order valence-corrected chi connectivity index (χ0v) is 18.1. The molecule has 0 aromatic heterocycles. The van der Waals surface area contributed by atoms with E-state index in [1.54, 1.807) is 6.92 Å². The maximum Gasteiger partial charge on any atom is 0.160 e. The molecule has 0 spiro atoms. The summed E-state index contributed by atoms with van der Waals surface area (Å²) < 4.78 is 0. The van der Waals surface area contributed by atoms with Crippen molar-refractivity contribution in [2.24, 2.45) is 33.5 Å². The minimum absolute atomic E-state index is 0.0262. The van der Waals surface area contributed by atoms with Crippen molar-refractivity contribution >= 4 is 17.3 Å². The predicted octanol–water partition coefficient (Wildman–Crippen LogP) is 4.04. The third-order valence-corrected chi connectivity index (χ3v) is 9.78. The molecule has 0 amide bonds. The molecule has 2 saturated carbocycles. The monoisotopic (exact) mass is 386 g/mol. The van der Waals surface area contributed by atoms with Gasteiger partial charge in [0.15, 0.2) is 5.78 Å². The Labute approximate surface area is 168 Å². The van der Waals surface area contributed by atoms with Crippen LogP contribution < -0.4 is 0 Å². The van der Waals surface area contributed by atoms with Crippen molar-refractivity contribution < 1.29 is 19.5 Å². The lowest BCUT2D eigenvalue weighted by molar-refractivity contribution is -0.137. The molecule has 1 N–H and O–H groups in total. The summed E-state index contributed by atoms with van der Waals surface area (Å²) in [5.74, 6) is 0.151. The fraction of sp³-hybridized carbons (Fsp3) is 0.792. The molecule has 6 atom stereocenters. The Kier molecular flexibility index (Phi) is 4.04. The maximum absolute atomic E-state index is 13.6. The predicted molar refractivity (Wildman–Crippen MR) is 107 cm³/mol. The molecule has 0 heterocycles. The van der Waals surface area contributed by atoms with Gasteiger partial charge in [-0.1, -0.05) is 27.7 Å². The van der Waals surface area contributed by atoms with Gasteiger partial charge >= 0.3 is 0 Å². The third kappa shape index (κ3) is 2.08. The second-order valence-corrected chi connectivity index (χ2v) is 11.2. The molecule has 0 aromatic carbocycles. The van der Waals surface area contributed by atoms with Gasteiger partial charge in [0.25, 0.3) is 0 Å². The van der Waals surface area contributed by atoms with Crippen molar-refractivity contribution in [1.82, 2.24) is 0 Å². The molecule has 2 fully saturated rings. The van der Waals surface area contributed by atoms with Crippen LogP contribution in [-0.4, -0.2) is 28.6 Å². The Morgan fingerprint density at radius 2 is 1.71 bits per heavy atom. The highest BCUT2D eigenvalue weighted by atomic mass is 16.3. The summed E-state index contributed by atoms with van der Waals surface area (Å²) in [6.07, 6.45) is 3.25. The molecule has 4 aliphatic carbocycles. The van der Waals surface area contributed by atoms with Crippen LogP contribution in [0.5, 0.6) is 0 Å². The number of ketones is 3. The first-order chi connectivity index (χ1) is 12.8. The standard InChI is InChI=1S/C24H34O4/c1-13(25)15-11-19(28)24(6)14-7-8-17-21(2,3)18(27)9-10-22(17,4)20(14)16(26)12-23(15,24)5/h15,17-18,27H,7-12H2,1-6H3. The lowest BCUT2D eigenvalue weighted by Gasteiger charge is -2.60. The van der Waals surface area contributed by atoms with Crippen LogP contribution in [0.2, 0.25) is 0 Å². The lowest BCUT2D eigenvalue weighted by Crippen LogP contribution is -2.57. The molecule has 0 bridgehead atoms. The molecule has 154 valence electrons. The van der Waals surface area contributed by atoms with Crippen molar-refractivity contribution in [3.63, 3.8) is 0 Å². The molecule has 0 aromatic rings. The van der Waals surface area contributed by atoms with Crippen LogP contribution in [0.3, 0.4) is 0 Å². The topological polar surface area (TPSA) is 71.4 Å². The van der Waals surface area contributed by atoms with E-state index in [0.29, 0.717) is 6.42 Å². The highest BCUT2D eigenvalue weighted by Gasteiger charge is 2.68. The molecule has 0 aliphatic heterocycles. The Morgan fingerprint density at radius 1 is 1.07 bits per heavy atom. The highest BCUT2D eigenvalue weighted by Crippen LogP contribution is 2.69. The number of carbonyl (C=O) groups is 3. The first-order valence-electron chi connectivity index (χ1n) is 10.8. The molecular weight excluding hydrogens is 352 g/mol. The summed E-state index contributed by atoms with van der Waals surface area (Å²) in [5, 5.41) is 10.6. The van der Waals surface area contributed by atoms with Crippen molar-refractivity contribution in [3.05, 3.63) is 11.1 Å². The van der Waals surface area contributed by atoms with E-state index in [2.05, 4.69) is 20.8 Å². The van der Waals surface area contributed by atoms with E-state index in [1.165, 1.54) is 0 Å². The van der Waals surface area contributed by atoms with Crippen molar-refractivity contribution in [3.8, 4) is 0 Å². The summed E-state index contributed by atoms with van der Waals surface area (Å²) in [6, 6.07) is 0. The van der Waals surface area contributed by atoms with E-state index in [4.69, 9.17) is 0 Å². The van der Waals surface area contributed by atoms with E-state index >= 15 is 0 Å². The number of rotatable bonds is 1. The molecule has 28 heavy (non-hydrogen) atoms. The molecule has 0 radical (unpaired) electrons. The van der Waals surface area contributed by atoms with Crippen molar-refractivity contribution in [2.75, 3.05) is 0 Å². The van der Waals surface area contributed by atoms with E-state index in [1.807, 2.05) is 13.8 Å². The van der Waals surface area contributed by atoms with Gasteiger partial charge in [0.1, 0.15) is 11.6 Å². The Morgan fingerprint density at radius 3 is 2.32 bits per heavy atom. The Balaban J connectivity index is 1.92. The van der Waals surface area contributed by atoms with Gasteiger partial charge in [-0.3, -0.25) is 14.4 Å². The van der Waals surface area contributed by atoms with Crippen LogP contribution in [0.4, 0.5) is 0 Å². The van der Waals surface area contributed by atoms with Crippen molar-refractivity contribution in [2.45, 2.75) is 86.2 Å². The van der Waals surface area contributed by atoms with E-state index < -0.39 is 10.8 Å². The number of fused-ring (bicyclic) bond motifs is 4. The van der Waals surface area contributed by atoms with Gasteiger partial charge in [0.05, 0.1) is 11.5 Å². The van der Waals surface area contributed by atoms with Gasteiger partial charge in [0, 0.05) is 29.7 Å². The first-order valence-corrected chi connectivity index (χ1v) is 10.8. The zero-order valence-electron chi connectivity index (χ0n) is 18.1. The van der Waals surface area contributed by atoms with Gasteiger partial charge in [-0.25, -0.2) is 0 Å². The average Bonchev–Trinajstić information content (AvgIpc) is 2.79. The van der Waals surface area contributed by atoms with Crippen LogP contribution in [0.15, 0.2) is 11.1 Å². The summed E-state index contributed by atoms with van der Waals surface area (Å²) in [5.41, 5.74) is 0.00754. The molecule has 4 rings (SSSR count). The minimum Gasteiger partial charge on any atom is -0.393 e. The summed E-state index contributed by atoms with van der Waals surface area (Å²) in [7, 11) is 0. The smallest absolute Gasteiger partial charge is 0.160 e. The maximum atomic E-state index is 13.6. The quantitative estimate of drug-likeness (QED) is 0.738. The van der Waals surface area contributed by atoms with Gasteiger partial charge < -0.3 is 5.11 Å². The van der Waals surface area contributed by atoms with Crippen LogP contribution in [0.25, 0.3) is 0 Å². The molecule has 4 nitrogen and oxygen atoms in total. The second-order valence-electron chi connectivity index (χ2n) is 11.2.